The van der Waals surface area contributed by atoms with Gasteiger partial charge in [0.1, 0.15) is 5.82 Å². The molecule has 0 unspecified atom stereocenters. The average Bonchev–Trinajstić information content (AvgIpc) is 3.12. The second kappa shape index (κ2) is 6.48. The van der Waals surface area contributed by atoms with Gasteiger partial charge in [0.2, 0.25) is 0 Å². The molecule has 0 atom stereocenters. The van der Waals surface area contributed by atoms with Gasteiger partial charge < -0.3 is 4.98 Å². The molecule has 3 heterocycles. The number of aromatic nitrogens is 4. The first kappa shape index (κ1) is 17.0. The molecule has 0 bridgehead atoms. The summed E-state index contributed by atoms with van der Waals surface area (Å²) in [4.78, 5) is 25.4. The van der Waals surface area contributed by atoms with E-state index in [4.69, 9.17) is 23.2 Å². The number of nitrogens with one attached hydrogen (secondary N) is 1. The van der Waals surface area contributed by atoms with E-state index in [0.717, 1.165) is 16.4 Å². The highest BCUT2D eigenvalue weighted by atomic mass is 35.5. The molecular weight excluding hydrogens is 395 g/mol. The minimum Gasteiger partial charge on any atom is -0.336 e. The number of hydrogen-bond donors (Lipinski definition) is 1. The van der Waals surface area contributed by atoms with Gasteiger partial charge in [-0.3, -0.25) is 9.36 Å². The summed E-state index contributed by atoms with van der Waals surface area (Å²) in [6.45, 7) is 0. The van der Waals surface area contributed by atoms with Crippen LogP contribution >= 0.6 is 23.2 Å². The van der Waals surface area contributed by atoms with Crippen LogP contribution in [0, 0.1) is 0 Å². The number of nitrogens with zero attached hydrogens (tertiary/aromatic N) is 3. The number of H-pyrrole nitrogens is 1. The smallest absolute Gasteiger partial charge is 0.266 e. The Morgan fingerprint density at radius 3 is 2.64 bits per heavy atom. The minimum absolute atomic E-state index is 0.234. The van der Waals surface area contributed by atoms with Crippen LogP contribution in [0.15, 0.2) is 71.7 Å². The molecule has 0 aliphatic carbocycles. The molecule has 0 radical (unpaired) electrons. The van der Waals surface area contributed by atoms with Crippen LogP contribution in [0.1, 0.15) is 0 Å². The normalized spacial score (nSPS) is 11.4. The average molecular weight is 407 g/mol. The van der Waals surface area contributed by atoms with Gasteiger partial charge in [-0.25, -0.2) is 9.97 Å². The van der Waals surface area contributed by atoms with Crippen LogP contribution in [-0.4, -0.2) is 19.5 Å². The third-order valence-corrected chi connectivity index (χ3v) is 5.11. The zero-order chi connectivity index (χ0) is 19.3. The van der Waals surface area contributed by atoms with Crippen molar-refractivity contribution in [3.63, 3.8) is 0 Å². The summed E-state index contributed by atoms with van der Waals surface area (Å²) >= 11 is 12.5. The Morgan fingerprint density at radius 2 is 1.82 bits per heavy atom. The predicted molar refractivity (Wildman–Crippen MR) is 112 cm³/mol. The number of hydrogen-bond acceptors (Lipinski definition) is 3. The second-order valence-electron chi connectivity index (χ2n) is 6.31. The minimum atomic E-state index is -0.234. The maximum absolute atomic E-state index is 13.5. The topological polar surface area (TPSA) is 63.6 Å². The van der Waals surface area contributed by atoms with E-state index in [1.54, 1.807) is 29.0 Å². The molecule has 5 nitrogen and oxygen atoms in total. The van der Waals surface area contributed by atoms with Crippen molar-refractivity contribution in [2.45, 2.75) is 0 Å². The predicted octanol–water partition coefficient (Wildman–Crippen LogP) is 5.24. The molecule has 0 aliphatic heterocycles. The van der Waals surface area contributed by atoms with E-state index in [1.807, 2.05) is 42.5 Å². The molecule has 0 amide bonds. The van der Waals surface area contributed by atoms with Crippen LogP contribution in [0.4, 0.5) is 0 Å². The summed E-state index contributed by atoms with van der Waals surface area (Å²) in [7, 11) is 0. The van der Waals surface area contributed by atoms with Crippen molar-refractivity contribution >= 4 is 45.3 Å². The Balaban J connectivity index is 1.87. The lowest BCUT2D eigenvalue weighted by Gasteiger charge is -2.14. The second-order valence-corrected chi connectivity index (χ2v) is 7.16. The summed E-state index contributed by atoms with van der Waals surface area (Å²) in [6, 6.07) is 18.2. The number of halogens is 2. The summed E-state index contributed by atoms with van der Waals surface area (Å²) in [5.41, 5.74) is 2.82. The first-order chi connectivity index (χ1) is 13.6. The number of fused-ring (bicyclic) bond motifs is 2. The van der Waals surface area contributed by atoms with E-state index in [9.17, 15) is 4.79 Å². The van der Waals surface area contributed by atoms with Crippen molar-refractivity contribution < 1.29 is 0 Å². The molecule has 136 valence electrons. The fourth-order valence-electron chi connectivity index (χ4n) is 3.30. The molecular formula is C21H12Cl2N4O. The van der Waals surface area contributed by atoms with E-state index in [2.05, 4.69) is 15.0 Å². The van der Waals surface area contributed by atoms with Gasteiger partial charge in [-0.2, -0.15) is 0 Å². The fourth-order valence-corrected chi connectivity index (χ4v) is 3.80. The van der Waals surface area contributed by atoms with Gasteiger partial charge >= 0.3 is 0 Å². The van der Waals surface area contributed by atoms with E-state index in [1.165, 1.54) is 0 Å². The third-order valence-electron chi connectivity index (χ3n) is 4.57. The van der Waals surface area contributed by atoms with Crippen LogP contribution in [0.5, 0.6) is 0 Å². The molecule has 3 aromatic heterocycles. The van der Waals surface area contributed by atoms with Crippen molar-refractivity contribution in [2.75, 3.05) is 0 Å². The molecule has 0 fully saturated rings. The van der Waals surface area contributed by atoms with E-state index >= 15 is 0 Å². The number of benzene rings is 2. The molecule has 1 N–H and O–H groups in total. The lowest BCUT2D eigenvalue weighted by molar-refractivity contribution is 1.04. The fraction of sp³-hybridized carbons (Fsp3) is 0. The number of pyridine rings is 2. The van der Waals surface area contributed by atoms with Gasteiger partial charge in [0.05, 0.1) is 27.3 Å². The van der Waals surface area contributed by atoms with Crippen LogP contribution in [0.3, 0.4) is 0 Å². The number of imidazole rings is 1. The van der Waals surface area contributed by atoms with E-state index in [0.29, 0.717) is 32.8 Å². The zero-order valence-corrected chi connectivity index (χ0v) is 15.9. The standard InChI is InChI=1S/C21H12Cl2N4O/c22-13-7-8-18(15(23)11-13)27-17-6-2-1-4-12(17)10-14(21(27)28)19-25-16-5-3-9-24-20(16)26-19/h1-11H,(H,24,25,26). The molecule has 7 heteroatoms. The largest absolute Gasteiger partial charge is 0.336 e. The highest BCUT2D eigenvalue weighted by Crippen LogP contribution is 2.28. The molecule has 5 aromatic rings. The van der Waals surface area contributed by atoms with Crippen LogP contribution < -0.4 is 5.56 Å². The first-order valence-electron chi connectivity index (χ1n) is 8.53. The highest BCUT2D eigenvalue weighted by molar-refractivity contribution is 6.35. The Labute approximate surface area is 169 Å². The van der Waals surface area contributed by atoms with Crippen molar-refractivity contribution in [2.24, 2.45) is 0 Å². The Bertz CT molecular complexity index is 1390. The van der Waals surface area contributed by atoms with Gasteiger partial charge in [-0.1, -0.05) is 41.4 Å². The third kappa shape index (κ3) is 2.68. The zero-order valence-electron chi connectivity index (χ0n) is 14.4. The number of rotatable bonds is 2. The van der Waals surface area contributed by atoms with Crippen molar-refractivity contribution in [3.8, 4) is 17.1 Å². The first-order valence-corrected chi connectivity index (χ1v) is 9.29. The summed E-state index contributed by atoms with van der Waals surface area (Å²) in [6.07, 6.45) is 1.67. The van der Waals surface area contributed by atoms with E-state index < -0.39 is 0 Å². The number of aromatic amines is 1. The van der Waals surface area contributed by atoms with Crippen LogP contribution in [-0.2, 0) is 0 Å². The Kier molecular flexibility index (Phi) is 3.93. The summed E-state index contributed by atoms with van der Waals surface area (Å²) in [5.74, 6) is 0.461. The monoisotopic (exact) mass is 406 g/mol. The maximum atomic E-state index is 13.5. The Hall–Kier alpha value is -3.15. The van der Waals surface area contributed by atoms with Crippen LogP contribution in [0.25, 0.3) is 39.1 Å². The van der Waals surface area contributed by atoms with Crippen molar-refractivity contribution in [1.82, 2.24) is 19.5 Å². The molecule has 28 heavy (non-hydrogen) atoms. The molecule has 0 spiro atoms. The van der Waals surface area contributed by atoms with Gasteiger partial charge in [-0.05, 0) is 47.9 Å². The molecule has 0 aliphatic rings. The molecule has 5 rings (SSSR count). The lowest BCUT2D eigenvalue weighted by atomic mass is 10.1. The van der Waals surface area contributed by atoms with Gasteiger partial charge in [0, 0.05) is 11.2 Å². The van der Waals surface area contributed by atoms with Gasteiger partial charge in [0.25, 0.3) is 5.56 Å². The number of para-hydroxylation sites is 1. The SMILES string of the molecule is O=c1c(-c2nc3ncccc3[nH]2)cc2ccccc2n1-c1ccc(Cl)cc1Cl. The van der Waals surface area contributed by atoms with Gasteiger partial charge in [-0.15, -0.1) is 0 Å². The van der Waals surface area contributed by atoms with Gasteiger partial charge in [0.15, 0.2) is 5.65 Å². The molecule has 2 aromatic carbocycles. The quantitative estimate of drug-likeness (QED) is 0.436. The summed E-state index contributed by atoms with van der Waals surface area (Å²) < 4.78 is 1.59. The van der Waals surface area contributed by atoms with Crippen LogP contribution in [0.2, 0.25) is 10.0 Å². The Morgan fingerprint density at radius 1 is 0.964 bits per heavy atom. The summed E-state index contributed by atoms with van der Waals surface area (Å²) in [5, 5.41) is 1.78. The lowest BCUT2D eigenvalue weighted by Crippen LogP contribution is -2.21. The van der Waals surface area contributed by atoms with Crippen molar-refractivity contribution in [3.05, 3.63) is 87.3 Å². The molecule has 0 saturated heterocycles. The van der Waals surface area contributed by atoms with Crippen molar-refractivity contribution in [1.29, 1.82) is 0 Å². The highest BCUT2D eigenvalue weighted by Gasteiger charge is 2.17. The van der Waals surface area contributed by atoms with E-state index in [-0.39, 0.29) is 5.56 Å². The molecule has 0 saturated carbocycles. The maximum Gasteiger partial charge on any atom is 0.266 e.